The van der Waals surface area contributed by atoms with E-state index in [4.69, 9.17) is 16.9 Å². The summed E-state index contributed by atoms with van der Waals surface area (Å²) in [4.78, 5) is 13.3. The zero-order valence-electron chi connectivity index (χ0n) is 11.8. The van der Waals surface area contributed by atoms with E-state index in [0.717, 1.165) is 5.75 Å². The van der Waals surface area contributed by atoms with E-state index in [1.54, 1.807) is 11.8 Å². The number of hydrogen-bond donors (Lipinski definition) is 2. The summed E-state index contributed by atoms with van der Waals surface area (Å²) in [7, 11) is 0. The summed E-state index contributed by atoms with van der Waals surface area (Å²) in [5, 5.41) is 9.02. The Labute approximate surface area is 138 Å². The molecule has 22 heavy (non-hydrogen) atoms. The molecule has 0 saturated carbocycles. The van der Waals surface area contributed by atoms with E-state index in [-0.39, 0.29) is 0 Å². The number of nitrogens with one attached hydrogen (secondary N) is 1. The molecule has 5 heteroatoms. The standard InChI is InChI=1S/C17H16ClNO2S/c18-19-16(17(20)21)10-22-9-15-13-7-3-1-5-11(13)12-6-2-4-8-14(12)15/h1-8,15-16,19H,9-10H2,(H,20,21). The molecule has 2 aromatic rings. The van der Waals surface area contributed by atoms with Crippen molar-refractivity contribution in [2.75, 3.05) is 11.5 Å². The minimum absolute atomic E-state index is 0.308. The van der Waals surface area contributed by atoms with Crippen LogP contribution in [-0.2, 0) is 4.79 Å². The molecule has 3 nitrogen and oxygen atoms in total. The molecule has 0 fully saturated rings. The lowest BCUT2D eigenvalue weighted by Crippen LogP contribution is -2.33. The number of carboxylic acids is 1. The van der Waals surface area contributed by atoms with Gasteiger partial charge in [0.25, 0.3) is 0 Å². The van der Waals surface area contributed by atoms with Crippen LogP contribution in [0, 0.1) is 0 Å². The van der Waals surface area contributed by atoms with Crippen LogP contribution in [0.2, 0.25) is 0 Å². The van der Waals surface area contributed by atoms with Gasteiger partial charge in [0.15, 0.2) is 0 Å². The Balaban J connectivity index is 1.78. The van der Waals surface area contributed by atoms with Gasteiger partial charge < -0.3 is 5.11 Å². The predicted molar refractivity (Wildman–Crippen MR) is 91.5 cm³/mol. The first-order chi connectivity index (χ1) is 10.7. The van der Waals surface area contributed by atoms with Crippen LogP contribution in [0.4, 0.5) is 0 Å². The number of benzene rings is 2. The minimum Gasteiger partial charge on any atom is -0.480 e. The molecular weight excluding hydrogens is 318 g/mol. The van der Waals surface area contributed by atoms with Crippen molar-refractivity contribution >= 4 is 29.5 Å². The molecule has 0 heterocycles. The highest BCUT2D eigenvalue weighted by molar-refractivity contribution is 7.99. The summed E-state index contributed by atoms with van der Waals surface area (Å²) in [5.74, 6) is 0.674. The second-order valence-corrected chi connectivity index (χ2v) is 6.56. The van der Waals surface area contributed by atoms with Crippen LogP contribution in [-0.4, -0.2) is 28.6 Å². The lowest BCUT2D eigenvalue weighted by molar-refractivity contribution is -0.138. The second kappa shape index (κ2) is 6.73. The zero-order valence-corrected chi connectivity index (χ0v) is 13.4. The maximum atomic E-state index is 11.0. The summed E-state index contributed by atoms with van der Waals surface area (Å²) in [6, 6.07) is 16.1. The smallest absolute Gasteiger partial charge is 0.322 e. The van der Waals surface area contributed by atoms with Gasteiger partial charge in [-0.15, -0.1) is 0 Å². The van der Waals surface area contributed by atoms with Crippen molar-refractivity contribution in [2.45, 2.75) is 12.0 Å². The quantitative estimate of drug-likeness (QED) is 0.791. The number of halogens is 1. The lowest BCUT2D eigenvalue weighted by Gasteiger charge is -2.15. The summed E-state index contributed by atoms with van der Waals surface area (Å²) >= 11 is 7.09. The topological polar surface area (TPSA) is 49.3 Å². The molecule has 0 aromatic heterocycles. The molecule has 3 rings (SSSR count). The average molecular weight is 334 g/mol. The van der Waals surface area contributed by atoms with Gasteiger partial charge in [0.2, 0.25) is 0 Å². The van der Waals surface area contributed by atoms with Crippen molar-refractivity contribution < 1.29 is 9.90 Å². The van der Waals surface area contributed by atoms with Crippen molar-refractivity contribution in [1.82, 2.24) is 4.84 Å². The lowest BCUT2D eigenvalue weighted by atomic mass is 9.99. The summed E-state index contributed by atoms with van der Waals surface area (Å²) in [6.07, 6.45) is 0. The van der Waals surface area contributed by atoms with E-state index >= 15 is 0 Å². The normalized spacial score (nSPS) is 14.4. The fourth-order valence-electron chi connectivity index (χ4n) is 2.89. The van der Waals surface area contributed by atoms with Crippen molar-refractivity contribution in [3.05, 3.63) is 59.7 Å². The first kappa shape index (κ1) is 15.4. The number of carboxylic acid groups (broad SMARTS) is 1. The molecule has 1 atom stereocenters. The molecule has 0 radical (unpaired) electrons. The number of aliphatic carboxylic acids is 1. The Morgan fingerprint density at radius 2 is 1.68 bits per heavy atom. The van der Waals surface area contributed by atoms with Crippen LogP contribution >= 0.6 is 23.5 Å². The molecule has 1 aliphatic rings. The Hall–Kier alpha value is -1.49. The Morgan fingerprint density at radius 1 is 1.14 bits per heavy atom. The highest BCUT2D eigenvalue weighted by atomic mass is 35.5. The first-order valence-corrected chi connectivity index (χ1v) is 8.60. The Kier molecular flexibility index (Phi) is 4.71. The van der Waals surface area contributed by atoms with Crippen molar-refractivity contribution in [2.24, 2.45) is 0 Å². The summed E-state index contributed by atoms with van der Waals surface area (Å²) in [6.45, 7) is 0. The molecule has 0 spiro atoms. The molecule has 114 valence electrons. The highest BCUT2D eigenvalue weighted by Gasteiger charge is 2.28. The number of hydrogen-bond acceptors (Lipinski definition) is 3. The average Bonchev–Trinajstić information content (AvgIpc) is 2.86. The molecule has 0 amide bonds. The van der Waals surface area contributed by atoms with Gasteiger partial charge in [-0.1, -0.05) is 48.5 Å². The fraction of sp³-hybridized carbons (Fsp3) is 0.235. The van der Waals surface area contributed by atoms with Gasteiger partial charge in [0.05, 0.1) is 0 Å². The van der Waals surface area contributed by atoms with Crippen LogP contribution in [0.15, 0.2) is 48.5 Å². The third-order valence-corrected chi connectivity index (χ3v) is 5.36. The first-order valence-electron chi connectivity index (χ1n) is 7.07. The van der Waals surface area contributed by atoms with E-state index in [2.05, 4.69) is 53.4 Å². The molecule has 2 N–H and O–H groups in total. The number of rotatable bonds is 6. The Morgan fingerprint density at radius 3 is 2.18 bits per heavy atom. The number of carbonyl (C=O) groups is 1. The van der Waals surface area contributed by atoms with Gasteiger partial charge in [-0.05, 0) is 34.0 Å². The maximum Gasteiger partial charge on any atom is 0.322 e. The van der Waals surface area contributed by atoms with Gasteiger partial charge in [0, 0.05) is 17.4 Å². The van der Waals surface area contributed by atoms with Crippen LogP contribution in [0.5, 0.6) is 0 Å². The van der Waals surface area contributed by atoms with Crippen molar-refractivity contribution in [1.29, 1.82) is 0 Å². The van der Waals surface area contributed by atoms with E-state index in [1.807, 2.05) is 0 Å². The van der Waals surface area contributed by atoms with Crippen LogP contribution in [0.3, 0.4) is 0 Å². The van der Waals surface area contributed by atoms with Gasteiger partial charge in [-0.2, -0.15) is 11.8 Å². The van der Waals surface area contributed by atoms with Crippen LogP contribution in [0.1, 0.15) is 17.0 Å². The minimum atomic E-state index is -0.922. The number of thioether (sulfide) groups is 1. The van der Waals surface area contributed by atoms with Gasteiger partial charge in [-0.3, -0.25) is 4.79 Å². The van der Waals surface area contributed by atoms with E-state index in [0.29, 0.717) is 11.7 Å². The van der Waals surface area contributed by atoms with Crippen LogP contribution in [0.25, 0.3) is 11.1 Å². The van der Waals surface area contributed by atoms with E-state index in [9.17, 15) is 4.79 Å². The van der Waals surface area contributed by atoms with Crippen molar-refractivity contribution in [3.8, 4) is 11.1 Å². The second-order valence-electron chi connectivity index (χ2n) is 5.26. The molecule has 1 aliphatic carbocycles. The predicted octanol–water partition coefficient (Wildman–Crippen LogP) is 3.73. The number of fused-ring (bicyclic) bond motifs is 3. The van der Waals surface area contributed by atoms with Gasteiger partial charge in [-0.25, -0.2) is 4.84 Å². The van der Waals surface area contributed by atoms with Gasteiger partial charge in [0.1, 0.15) is 6.04 Å². The van der Waals surface area contributed by atoms with Crippen LogP contribution < -0.4 is 4.84 Å². The highest BCUT2D eigenvalue weighted by Crippen LogP contribution is 2.45. The monoisotopic (exact) mass is 333 g/mol. The Bertz CT molecular complexity index is 646. The van der Waals surface area contributed by atoms with Crippen molar-refractivity contribution in [3.63, 3.8) is 0 Å². The fourth-order valence-corrected chi connectivity index (χ4v) is 4.35. The molecule has 0 aliphatic heterocycles. The summed E-state index contributed by atoms with van der Waals surface area (Å²) < 4.78 is 0. The maximum absolute atomic E-state index is 11.0. The van der Waals surface area contributed by atoms with E-state index in [1.165, 1.54) is 22.3 Å². The van der Waals surface area contributed by atoms with Gasteiger partial charge >= 0.3 is 5.97 Å². The molecular formula is C17H16ClNO2S. The third-order valence-electron chi connectivity index (χ3n) is 3.96. The SMILES string of the molecule is O=C(O)C(CSCC1c2ccccc2-c2ccccc21)NCl. The molecule has 0 saturated heterocycles. The molecule has 1 unspecified atom stereocenters. The molecule has 0 bridgehead atoms. The molecule has 2 aromatic carbocycles. The third kappa shape index (κ3) is 2.86. The zero-order chi connectivity index (χ0) is 15.5. The summed E-state index contributed by atoms with van der Waals surface area (Å²) in [5.41, 5.74) is 5.21. The largest absolute Gasteiger partial charge is 0.480 e. The van der Waals surface area contributed by atoms with E-state index < -0.39 is 12.0 Å².